The Morgan fingerprint density at radius 2 is 0.889 bits per heavy atom. The summed E-state index contributed by atoms with van der Waals surface area (Å²) in [5, 5.41) is 0. The summed E-state index contributed by atoms with van der Waals surface area (Å²) in [4.78, 5) is 3.93. The molecular formula is C10H20Cu2N2S4. The molecule has 2 nitrogen and oxygen atoms in total. The second-order valence-corrected chi connectivity index (χ2v) is 4.94. The van der Waals surface area contributed by atoms with E-state index in [1.165, 1.54) is 0 Å². The van der Waals surface area contributed by atoms with Gasteiger partial charge in [0.05, 0.1) is 0 Å². The molecule has 8 heteroatoms. The normalized spacial score (nSPS) is 7.78. The van der Waals surface area contributed by atoms with E-state index in [4.69, 9.17) is 49.7 Å². The number of rotatable bonds is 4. The zero-order chi connectivity index (χ0) is 13.1. The maximum atomic E-state index is 4.76. The monoisotopic (exact) mass is 422 g/mol. The van der Waals surface area contributed by atoms with Gasteiger partial charge in [0, 0.05) is 26.2 Å². The van der Waals surface area contributed by atoms with E-state index >= 15 is 0 Å². The van der Waals surface area contributed by atoms with Gasteiger partial charge in [0.1, 0.15) is 0 Å². The summed E-state index contributed by atoms with van der Waals surface area (Å²) in [5.41, 5.74) is 0. The molecule has 0 radical (unpaired) electrons. The maximum Gasteiger partial charge on any atom is 1.00 e. The molecule has 0 unspecified atom stereocenters. The van der Waals surface area contributed by atoms with Crippen molar-refractivity contribution in [3.63, 3.8) is 0 Å². The van der Waals surface area contributed by atoms with Crippen LogP contribution in [0.5, 0.6) is 0 Å². The Morgan fingerprint density at radius 3 is 0.889 bits per heavy atom. The molecule has 0 aromatic carbocycles. The van der Waals surface area contributed by atoms with Crippen molar-refractivity contribution in [3.8, 4) is 0 Å². The molecule has 0 saturated carbocycles. The van der Waals surface area contributed by atoms with Gasteiger partial charge in [-0.15, -0.1) is 0 Å². The van der Waals surface area contributed by atoms with Crippen LogP contribution in [0.25, 0.3) is 0 Å². The van der Waals surface area contributed by atoms with E-state index in [0.29, 0.717) is 8.64 Å². The first-order chi connectivity index (χ1) is 7.44. The minimum atomic E-state index is 0. The van der Waals surface area contributed by atoms with Crippen LogP contribution in [-0.2, 0) is 59.4 Å². The molecule has 0 rings (SSSR count). The standard InChI is InChI=1S/2C5H11NS2.2Cu/c2*1-3-6(4-2)5(7)8;;/h2*3-4H2,1-2H3,(H,7,8);;/q;;2*+1/p-2. The molecule has 0 atom stereocenters. The smallest absolute Gasteiger partial charge is 0.411 e. The summed E-state index contributed by atoms with van der Waals surface area (Å²) in [5.74, 6) is 0. The molecule has 0 aliphatic rings. The molecule has 0 fully saturated rings. The van der Waals surface area contributed by atoms with Gasteiger partial charge in [0.2, 0.25) is 0 Å². The van der Waals surface area contributed by atoms with Crippen LogP contribution in [0, 0.1) is 0 Å². The van der Waals surface area contributed by atoms with Crippen molar-refractivity contribution in [1.82, 2.24) is 9.80 Å². The van der Waals surface area contributed by atoms with Crippen molar-refractivity contribution in [2.75, 3.05) is 26.2 Å². The average Bonchev–Trinajstić information content (AvgIpc) is 2.21. The Bertz CT molecular complexity index is 188. The molecule has 0 aromatic heterocycles. The van der Waals surface area contributed by atoms with Gasteiger partial charge < -0.3 is 59.5 Å². The summed E-state index contributed by atoms with van der Waals surface area (Å²) in [6, 6.07) is 0. The number of hydrogen-bond donors (Lipinski definition) is 0. The molecule has 18 heavy (non-hydrogen) atoms. The quantitative estimate of drug-likeness (QED) is 0.386. The molecular weight excluding hydrogens is 403 g/mol. The average molecular weight is 424 g/mol. The van der Waals surface area contributed by atoms with Gasteiger partial charge in [-0.1, -0.05) is 8.64 Å². The molecule has 0 aliphatic carbocycles. The molecule has 0 saturated heterocycles. The molecule has 0 heterocycles. The van der Waals surface area contributed by atoms with Crippen LogP contribution < -0.4 is 0 Å². The second kappa shape index (κ2) is 18.3. The fourth-order valence-electron chi connectivity index (χ4n) is 0.964. The SMILES string of the molecule is CCN(CC)C(=S)[S-].CCN(CC)C(=S)[S-].[Cu+].[Cu+]. The van der Waals surface area contributed by atoms with E-state index < -0.39 is 0 Å². The summed E-state index contributed by atoms with van der Waals surface area (Å²) in [7, 11) is 0. The van der Waals surface area contributed by atoms with E-state index in [2.05, 4.69) is 0 Å². The third-order valence-corrected chi connectivity index (χ3v) is 3.08. The van der Waals surface area contributed by atoms with Crippen molar-refractivity contribution in [3.05, 3.63) is 0 Å². The molecule has 0 bridgehead atoms. The van der Waals surface area contributed by atoms with E-state index in [-0.39, 0.29) is 34.1 Å². The first-order valence-corrected chi connectivity index (χ1v) is 6.99. The molecule has 0 spiro atoms. The summed E-state index contributed by atoms with van der Waals surface area (Å²) < 4.78 is 1.16. The fourth-order valence-corrected chi connectivity index (χ4v) is 2.00. The van der Waals surface area contributed by atoms with Crippen LogP contribution in [0.4, 0.5) is 0 Å². The summed E-state index contributed by atoms with van der Waals surface area (Å²) in [6.45, 7) is 11.9. The van der Waals surface area contributed by atoms with Crippen molar-refractivity contribution in [2.45, 2.75) is 27.7 Å². The molecule has 0 aliphatic heterocycles. The van der Waals surface area contributed by atoms with Crippen molar-refractivity contribution < 1.29 is 34.1 Å². The number of nitrogens with zero attached hydrogens (tertiary/aromatic N) is 2. The van der Waals surface area contributed by atoms with Crippen molar-refractivity contribution >= 4 is 58.3 Å². The van der Waals surface area contributed by atoms with Crippen molar-refractivity contribution in [2.24, 2.45) is 0 Å². The zero-order valence-corrected chi connectivity index (χ0v) is 16.1. The Kier molecular flexibility index (Phi) is 28.0. The van der Waals surface area contributed by atoms with Gasteiger partial charge in [-0.25, -0.2) is 0 Å². The molecule has 0 amide bonds. The van der Waals surface area contributed by atoms with Crippen LogP contribution in [0.3, 0.4) is 0 Å². The predicted molar refractivity (Wildman–Crippen MR) is 85.8 cm³/mol. The van der Waals surface area contributed by atoms with Crippen LogP contribution in [0.2, 0.25) is 0 Å². The minimum Gasteiger partial charge on any atom is -0.411 e. The number of thiocarbonyl (C=S) groups is 2. The summed E-state index contributed by atoms with van der Waals surface area (Å²) >= 11 is 19.0. The maximum absolute atomic E-state index is 4.76. The van der Waals surface area contributed by atoms with Crippen molar-refractivity contribution in [1.29, 1.82) is 0 Å². The number of hydrogen-bond acceptors (Lipinski definition) is 4. The second-order valence-electron chi connectivity index (χ2n) is 2.88. The van der Waals surface area contributed by atoms with Gasteiger partial charge >= 0.3 is 34.1 Å². The third-order valence-electron chi connectivity index (χ3n) is 2.04. The topological polar surface area (TPSA) is 6.48 Å². The predicted octanol–water partition coefficient (Wildman–Crippen LogP) is 2.32. The fraction of sp³-hybridized carbons (Fsp3) is 0.800. The van der Waals surface area contributed by atoms with Gasteiger partial charge in [-0.3, -0.25) is 0 Å². The Balaban J connectivity index is -0.0000000980. The first-order valence-electron chi connectivity index (χ1n) is 5.36. The molecule has 116 valence electrons. The van der Waals surface area contributed by atoms with Crippen LogP contribution in [-0.4, -0.2) is 44.6 Å². The van der Waals surface area contributed by atoms with E-state index in [0.717, 1.165) is 26.2 Å². The van der Waals surface area contributed by atoms with Gasteiger partial charge in [0.15, 0.2) is 0 Å². The Morgan fingerprint density at radius 1 is 0.722 bits per heavy atom. The Hall–Kier alpha value is 1.26. The largest absolute Gasteiger partial charge is 1.00 e. The van der Waals surface area contributed by atoms with Gasteiger partial charge in [-0.2, -0.15) is 0 Å². The van der Waals surface area contributed by atoms with E-state index in [9.17, 15) is 0 Å². The molecule has 0 N–H and O–H groups in total. The van der Waals surface area contributed by atoms with Gasteiger partial charge in [0.25, 0.3) is 0 Å². The van der Waals surface area contributed by atoms with Crippen LogP contribution in [0.1, 0.15) is 27.7 Å². The van der Waals surface area contributed by atoms with Crippen LogP contribution in [0.15, 0.2) is 0 Å². The van der Waals surface area contributed by atoms with Gasteiger partial charge in [-0.05, 0) is 27.7 Å². The van der Waals surface area contributed by atoms with E-state index in [1.807, 2.05) is 37.5 Å². The zero-order valence-electron chi connectivity index (χ0n) is 11.0. The molecule has 0 aromatic rings. The first kappa shape index (κ1) is 27.6. The Labute approximate surface area is 155 Å². The third kappa shape index (κ3) is 15.3. The van der Waals surface area contributed by atoms with Crippen LogP contribution >= 0.6 is 24.4 Å². The minimum absolute atomic E-state index is 0. The summed E-state index contributed by atoms with van der Waals surface area (Å²) in [6.07, 6.45) is 0. The van der Waals surface area contributed by atoms with E-state index in [1.54, 1.807) is 0 Å².